The predicted octanol–water partition coefficient (Wildman–Crippen LogP) is 3.75. The first-order valence-corrected chi connectivity index (χ1v) is 9.90. The van der Waals surface area contributed by atoms with Crippen molar-refractivity contribution in [3.8, 4) is 0 Å². The van der Waals surface area contributed by atoms with Crippen LogP contribution < -0.4 is 0 Å². The number of pyridine rings is 1. The maximum Gasteiger partial charge on any atom is 0.307 e. The maximum absolute atomic E-state index is 13.3. The number of likely N-dealkylation sites (tertiary alicyclic amines) is 1. The van der Waals surface area contributed by atoms with Gasteiger partial charge >= 0.3 is 5.97 Å². The van der Waals surface area contributed by atoms with Gasteiger partial charge in [-0.2, -0.15) is 0 Å². The second-order valence-electron chi connectivity index (χ2n) is 8.64. The normalized spacial score (nSPS) is 23.6. The Labute approximate surface area is 158 Å². The van der Waals surface area contributed by atoms with Crippen molar-refractivity contribution in [1.82, 2.24) is 9.88 Å². The van der Waals surface area contributed by atoms with E-state index in [1.807, 2.05) is 30.0 Å². The molecule has 1 N–H and O–H groups in total. The Morgan fingerprint density at radius 3 is 2.56 bits per heavy atom. The van der Waals surface area contributed by atoms with Crippen LogP contribution in [0.15, 0.2) is 24.3 Å². The standard InChI is InChI=1S/C22H24N2O3/c1-13-2-5-18-15(10-13)16(11-19(23-18)14-3-4-14)20(25)24-8-6-22(7-9-24)12-17(22)21(26)27/h2,5,10-11,14,17H,3-4,6-9,12H2,1H3,(H,26,27). The summed E-state index contributed by atoms with van der Waals surface area (Å²) >= 11 is 0. The molecular formula is C22H24N2O3. The summed E-state index contributed by atoms with van der Waals surface area (Å²) in [7, 11) is 0. The topological polar surface area (TPSA) is 70.5 Å². The number of aliphatic carboxylic acids is 1. The van der Waals surface area contributed by atoms with Gasteiger partial charge in [-0.05, 0) is 62.6 Å². The molecule has 1 atom stereocenters. The van der Waals surface area contributed by atoms with E-state index in [9.17, 15) is 14.7 Å². The van der Waals surface area contributed by atoms with Gasteiger partial charge in [-0.1, -0.05) is 11.6 Å². The first-order valence-electron chi connectivity index (χ1n) is 9.90. The SMILES string of the molecule is Cc1ccc2nc(C3CC3)cc(C(=O)N3CCC4(CC3)CC4C(=O)O)c2c1. The van der Waals surface area contributed by atoms with Gasteiger partial charge in [-0.15, -0.1) is 0 Å². The van der Waals surface area contributed by atoms with E-state index in [0.29, 0.717) is 19.0 Å². The van der Waals surface area contributed by atoms with E-state index in [0.717, 1.165) is 59.8 Å². The Morgan fingerprint density at radius 2 is 1.93 bits per heavy atom. The highest BCUT2D eigenvalue weighted by Crippen LogP contribution is 2.59. The minimum absolute atomic E-state index is 0.0569. The van der Waals surface area contributed by atoms with E-state index in [4.69, 9.17) is 4.98 Å². The Morgan fingerprint density at radius 1 is 1.19 bits per heavy atom. The smallest absolute Gasteiger partial charge is 0.307 e. The lowest BCUT2D eigenvalue weighted by molar-refractivity contribution is -0.139. The number of hydrogen-bond acceptors (Lipinski definition) is 3. The quantitative estimate of drug-likeness (QED) is 0.900. The molecule has 5 rings (SSSR count). The molecule has 3 aliphatic rings. The molecule has 3 fully saturated rings. The molecule has 27 heavy (non-hydrogen) atoms. The number of hydrogen-bond donors (Lipinski definition) is 1. The van der Waals surface area contributed by atoms with Crippen LogP contribution in [0.4, 0.5) is 0 Å². The number of carboxylic acid groups (broad SMARTS) is 1. The molecular weight excluding hydrogens is 340 g/mol. The van der Waals surface area contributed by atoms with Crippen molar-refractivity contribution in [3.05, 3.63) is 41.1 Å². The van der Waals surface area contributed by atoms with Crippen LogP contribution in [-0.2, 0) is 4.79 Å². The number of carbonyl (C=O) groups is 2. The summed E-state index contributed by atoms with van der Waals surface area (Å²) in [5, 5.41) is 10.2. The fourth-order valence-electron chi connectivity index (χ4n) is 4.70. The number of rotatable bonds is 3. The molecule has 1 aliphatic heterocycles. The number of amides is 1. The van der Waals surface area contributed by atoms with Crippen molar-refractivity contribution in [2.24, 2.45) is 11.3 Å². The molecule has 0 radical (unpaired) electrons. The minimum atomic E-state index is -0.681. The average Bonchev–Trinajstić information content (AvgIpc) is 3.57. The Kier molecular flexibility index (Phi) is 3.58. The summed E-state index contributed by atoms with van der Waals surface area (Å²) in [4.78, 5) is 31.3. The van der Waals surface area contributed by atoms with Gasteiger partial charge in [0.25, 0.3) is 5.91 Å². The average molecular weight is 364 g/mol. The van der Waals surface area contributed by atoms with Crippen molar-refractivity contribution in [1.29, 1.82) is 0 Å². The number of aryl methyl sites for hydroxylation is 1. The monoisotopic (exact) mass is 364 g/mol. The number of carbonyl (C=O) groups excluding carboxylic acids is 1. The molecule has 1 saturated heterocycles. The molecule has 0 bridgehead atoms. The van der Waals surface area contributed by atoms with Crippen LogP contribution in [0.2, 0.25) is 0 Å². The van der Waals surface area contributed by atoms with Crippen LogP contribution in [0.1, 0.15) is 59.6 Å². The Bertz CT molecular complexity index is 955. The zero-order chi connectivity index (χ0) is 18.8. The first-order chi connectivity index (χ1) is 13.0. The summed E-state index contributed by atoms with van der Waals surface area (Å²) in [5.41, 5.74) is 3.76. The molecule has 5 nitrogen and oxygen atoms in total. The van der Waals surface area contributed by atoms with Gasteiger partial charge in [0.15, 0.2) is 0 Å². The first kappa shape index (κ1) is 16.7. The number of aromatic nitrogens is 1. The molecule has 140 valence electrons. The lowest BCUT2D eigenvalue weighted by atomic mass is 9.90. The lowest BCUT2D eigenvalue weighted by Gasteiger charge is -2.33. The molecule has 1 aromatic heterocycles. The fraction of sp³-hybridized carbons (Fsp3) is 0.500. The number of nitrogens with zero attached hydrogens (tertiary/aromatic N) is 2. The summed E-state index contributed by atoms with van der Waals surface area (Å²) in [6, 6.07) is 8.12. The third-order valence-electron chi connectivity index (χ3n) is 6.74. The van der Waals surface area contributed by atoms with Gasteiger partial charge in [0.05, 0.1) is 17.0 Å². The van der Waals surface area contributed by atoms with Gasteiger partial charge < -0.3 is 10.0 Å². The van der Waals surface area contributed by atoms with Gasteiger partial charge in [0, 0.05) is 30.1 Å². The van der Waals surface area contributed by atoms with E-state index in [1.54, 1.807) is 0 Å². The van der Waals surface area contributed by atoms with Crippen LogP contribution in [0, 0.1) is 18.3 Å². The van der Waals surface area contributed by atoms with Crippen LogP contribution in [-0.4, -0.2) is 40.0 Å². The molecule has 2 aliphatic carbocycles. The van der Waals surface area contributed by atoms with Crippen molar-refractivity contribution in [2.75, 3.05) is 13.1 Å². The fourth-order valence-corrected chi connectivity index (χ4v) is 4.70. The predicted molar refractivity (Wildman–Crippen MR) is 102 cm³/mol. The highest BCUT2D eigenvalue weighted by molar-refractivity contribution is 6.06. The number of carboxylic acids is 1. The number of fused-ring (bicyclic) bond motifs is 1. The second-order valence-corrected chi connectivity index (χ2v) is 8.64. The Hall–Kier alpha value is -2.43. The van der Waals surface area contributed by atoms with E-state index in [1.165, 1.54) is 0 Å². The van der Waals surface area contributed by atoms with Gasteiger partial charge in [0.1, 0.15) is 0 Å². The zero-order valence-corrected chi connectivity index (χ0v) is 15.6. The van der Waals surface area contributed by atoms with E-state index >= 15 is 0 Å². The molecule has 2 heterocycles. The molecule has 2 saturated carbocycles. The third-order valence-corrected chi connectivity index (χ3v) is 6.74. The third kappa shape index (κ3) is 2.80. The number of benzene rings is 1. The largest absolute Gasteiger partial charge is 0.481 e. The van der Waals surface area contributed by atoms with Crippen molar-refractivity contribution < 1.29 is 14.7 Å². The highest BCUT2D eigenvalue weighted by Gasteiger charge is 2.59. The van der Waals surface area contributed by atoms with Crippen LogP contribution in [0.25, 0.3) is 10.9 Å². The maximum atomic E-state index is 13.3. The van der Waals surface area contributed by atoms with Gasteiger partial charge in [0.2, 0.25) is 0 Å². The summed E-state index contributed by atoms with van der Waals surface area (Å²) in [6.07, 6.45) is 4.68. The lowest BCUT2D eigenvalue weighted by Crippen LogP contribution is -2.40. The summed E-state index contributed by atoms with van der Waals surface area (Å²) in [5.74, 6) is -0.327. The minimum Gasteiger partial charge on any atom is -0.481 e. The van der Waals surface area contributed by atoms with Crippen molar-refractivity contribution in [3.63, 3.8) is 0 Å². The van der Waals surface area contributed by atoms with Crippen LogP contribution >= 0.6 is 0 Å². The van der Waals surface area contributed by atoms with E-state index in [2.05, 4.69) is 6.07 Å². The summed E-state index contributed by atoms with van der Waals surface area (Å²) in [6.45, 7) is 3.33. The molecule has 1 amide bonds. The molecule has 1 unspecified atom stereocenters. The van der Waals surface area contributed by atoms with Crippen molar-refractivity contribution in [2.45, 2.75) is 44.9 Å². The molecule has 5 heteroatoms. The second kappa shape index (κ2) is 5.78. The molecule has 2 aromatic rings. The molecule has 1 spiro atoms. The molecule has 1 aromatic carbocycles. The van der Waals surface area contributed by atoms with Crippen LogP contribution in [0.3, 0.4) is 0 Å². The summed E-state index contributed by atoms with van der Waals surface area (Å²) < 4.78 is 0. The van der Waals surface area contributed by atoms with E-state index in [-0.39, 0.29) is 17.2 Å². The van der Waals surface area contributed by atoms with Crippen LogP contribution in [0.5, 0.6) is 0 Å². The highest BCUT2D eigenvalue weighted by atomic mass is 16.4. The zero-order valence-electron chi connectivity index (χ0n) is 15.6. The number of piperidine rings is 1. The van der Waals surface area contributed by atoms with Gasteiger partial charge in [-0.25, -0.2) is 0 Å². The Balaban J connectivity index is 1.44. The van der Waals surface area contributed by atoms with E-state index < -0.39 is 5.97 Å². The van der Waals surface area contributed by atoms with Gasteiger partial charge in [-0.3, -0.25) is 14.6 Å². The van der Waals surface area contributed by atoms with Crippen molar-refractivity contribution >= 4 is 22.8 Å².